The minimum absolute atomic E-state index is 0.233. The van der Waals surface area contributed by atoms with E-state index in [0.717, 1.165) is 25.6 Å². The molecule has 0 aromatic heterocycles. The Bertz CT molecular complexity index is 888. The number of carbonyl (C=O) groups is 1. The van der Waals surface area contributed by atoms with Crippen LogP contribution in [0.5, 0.6) is 5.75 Å². The Morgan fingerprint density at radius 1 is 1.21 bits per heavy atom. The van der Waals surface area contributed by atoms with Crippen LogP contribution in [0.3, 0.4) is 0 Å². The van der Waals surface area contributed by atoms with Gasteiger partial charge in [-0.25, -0.2) is 9.79 Å². The Morgan fingerprint density at radius 2 is 1.96 bits per heavy atom. The summed E-state index contributed by atoms with van der Waals surface area (Å²) in [5.74, 6) is 0.460. The highest BCUT2D eigenvalue weighted by Crippen LogP contribution is 2.34. The van der Waals surface area contributed by atoms with Crippen LogP contribution in [0.4, 0.5) is 0 Å². The number of hydrogen-bond donors (Lipinski definition) is 0. The molecule has 24 heavy (non-hydrogen) atoms. The summed E-state index contributed by atoms with van der Waals surface area (Å²) in [4.78, 5) is 16.5. The summed E-state index contributed by atoms with van der Waals surface area (Å²) in [5, 5.41) is 0. The highest BCUT2D eigenvalue weighted by molar-refractivity contribution is 9.11. The zero-order valence-electron chi connectivity index (χ0n) is 13.0. The second kappa shape index (κ2) is 6.91. The van der Waals surface area contributed by atoms with E-state index >= 15 is 0 Å². The predicted octanol–water partition coefficient (Wildman–Crippen LogP) is 4.87. The van der Waals surface area contributed by atoms with Gasteiger partial charge >= 0.3 is 5.97 Å². The molecule has 122 valence electrons. The molecule has 0 saturated heterocycles. The van der Waals surface area contributed by atoms with Crippen molar-refractivity contribution < 1.29 is 14.3 Å². The minimum Gasteiger partial charge on any atom is -0.495 e. The zero-order valence-corrected chi connectivity index (χ0v) is 16.1. The lowest BCUT2D eigenvalue weighted by Crippen LogP contribution is -2.06. The molecule has 0 aliphatic carbocycles. The molecule has 3 rings (SSSR count). The van der Waals surface area contributed by atoms with Gasteiger partial charge in [-0.15, -0.1) is 0 Å². The summed E-state index contributed by atoms with van der Waals surface area (Å²) in [6, 6.07) is 11.4. The third-order valence-corrected chi connectivity index (χ3v) is 4.58. The van der Waals surface area contributed by atoms with E-state index in [1.54, 1.807) is 13.2 Å². The Labute approximate surface area is 156 Å². The number of aliphatic imine (C=N–C) groups is 1. The molecule has 0 fully saturated rings. The second-order valence-electron chi connectivity index (χ2n) is 5.16. The Kier molecular flexibility index (Phi) is 4.87. The molecule has 0 bridgehead atoms. The van der Waals surface area contributed by atoms with Gasteiger partial charge in [0, 0.05) is 15.6 Å². The molecule has 0 atom stereocenters. The number of esters is 1. The maximum absolute atomic E-state index is 12.2. The summed E-state index contributed by atoms with van der Waals surface area (Å²) in [6.45, 7) is 1.95. The molecule has 6 heteroatoms. The van der Waals surface area contributed by atoms with Crippen molar-refractivity contribution in [2.24, 2.45) is 4.99 Å². The van der Waals surface area contributed by atoms with Gasteiger partial charge in [-0.05, 0) is 52.7 Å². The molecule has 0 spiro atoms. The van der Waals surface area contributed by atoms with Crippen molar-refractivity contribution in [1.29, 1.82) is 0 Å². The van der Waals surface area contributed by atoms with Gasteiger partial charge in [0.15, 0.2) is 5.70 Å². The first kappa shape index (κ1) is 16.9. The monoisotopic (exact) mass is 449 g/mol. The number of carbonyl (C=O) groups excluding carboxylic acids is 1. The van der Waals surface area contributed by atoms with Crippen molar-refractivity contribution in [2.75, 3.05) is 7.11 Å². The quantitative estimate of drug-likeness (QED) is 0.494. The summed E-state index contributed by atoms with van der Waals surface area (Å²) in [5.41, 5.74) is 2.75. The molecule has 1 aliphatic heterocycles. The number of rotatable bonds is 3. The number of aryl methyl sites for hydroxylation is 1. The van der Waals surface area contributed by atoms with Gasteiger partial charge in [0.2, 0.25) is 5.90 Å². The molecular formula is C18H13Br2NO3. The lowest BCUT2D eigenvalue weighted by atomic mass is 10.1. The van der Waals surface area contributed by atoms with Crippen molar-refractivity contribution >= 4 is 49.8 Å². The van der Waals surface area contributed by atoms with Crippen LogP contribution in [0, 0.1) is 6.92 Å². The van der Waals surface area contributed by atoms with Crippen LogP contribution in [0.1, 0.15) is 16.7 Å². The summed E-state index contributed by atoms with van der Waals surface area (Å²) < 4.78 is 12.4. The van der Waals surface area contributed by atoms with E-state index in [2.05, 4.69) is 36.9 Å². The average molecular weight is 451 g/mol. The molecule has 0 N–H and O–H groups in total. The first-order chi connectivity index (χ1) is 11.5. The Balaban J connectivity index is 2.06. The van der Waals surface area contributed by atoms with E-state index in [1.807, 2.05) is 43.3 Å². The van der Waals surface area contributed by atoms with Crippen LogP contribution in [0.15, 0.2) is 56.0 Å². The fraction of sp³-hybridized carbons (Fsp3) is 0.111. The van der Waals surface area contributed by atoms with Gasteiger partial charge < -0.3 is 9.47 Å². The van der Waals surface area contributed by atoms with Gasteiger partial charge in [-0.1, -0.05) is 34.1 Å². The Hall–Kier alpha value is -1.92. The first-order valence-electron chi connectivity index (χ1n) is 7.11. The lowest BCUT2D eigenvalue weighted by molar-refractivity contribution is -0.129. The third kappa shape index (κ3) is 3.30. The molecule has 0 unspecified atom stereocenters. The van der Waals surface area contributed by atoms with Crippen LogP contribution in [-0.4, -0.2) is 19.0 Å². The molecule has 0 saturated carbocycles. The normalized spacial score (nSPS) is 15.4. The molecule has 0 amide bonds. The second-order valence-corrected chi connectivity index (χ2v) is 6.93. The van der Waals surface area contributed by atoms with Gasteiger partial charge in [-0.3, -0.25) is 0 Å². The van der Waals surface area contributed by atoms with Crippen molar-refractivity contribution in [2.45, 2.75) is 6.92 Å². The van der Waals surface area contributed by atoms with Crippen molar-refractivity contribution in [3.63, 3.8) is 0 Å². The zero-order chi connectivity index (χ0) is 17.3. The SMILES string of the molecule is COc1c(Br)cc(Br)cc1/C=C1\N=C(c2ccccc2C)OC1=O. The first-order valence-corrected chi connectivity index (χ1v) is 8.70. The van der Waals surface area contributed by atoms with Gasteiger partial charge in [0.05, 0.1) is 11.6 Å². The van der Waals surface area contributed by atoms with Crippen LogP contribution < -0.4 is 4.74 Å². The smallest absolute Gasteiger partial charge is 0.363 e. The number of methoxy groups -OCH3 is 1. The van der Waals surface area contributed by atoms with Crippen LogP contribution in [0.2, 0.25) is 0 Å². The minimum atomic E-state index is -0.480. The van der Waals surface area contributed by atoms with E-state index in [0.29, 0.717) is 11.6 Å². The topological polar surface area (TPSA) is 47.9 Å². The van der Waals surface area contributed by atoms with Crippen LogP contribution in [-0.2, 0) is 9.53 Å². The van der Waals surface area contributed by atoms with Crippen LogP contribution >= 0.6 is 31.9 Å². The number of halogens is 2. The van der Waals surface area contributed by atoms with Gasteiger partial charge in [0.25, 0.3) is 0 Å². The number of nitrogens with zero attached hydrogens (tertiary/aromatic N) is 1. The largest absolute Gasteiger partial charge is 0.495 e. The van der Waals surface area contributed by atoms with Crippen molar-refractivity contribution in [1.82, 2.24) is 0 Å². The maximum atomic E-state index is 12.2. The van der Waals surface area contributed by atoms with E-state index in [9.17, 15) is 4.79 Å². The van der Waals surface area contributed by atoms with E-state index in [1.165, 1.54) is 0 Å². The summed E-state index contributed by atoms with van der Waals surface area (Å²) in [7, 11) is 1.57. The standard InChI is InChI=1S/C18H13Br2NO3/c1-10-5-3-4-6-13(10)17-21-15(18(22)24-17)8-11-7-12(19)9-14(20)16(11)23-2/h3-9H,1-2H3/b15-8-. The molecule has 0 radical (unpaired) electrons. The molecule has 1 heterocycles. The lowest BCUT2D eigenvalue weighted by Gasteiger charge is -2.08. The third-order valence-electron chi connectivity index (χ3n) is 3.53. The molecule has 2 aromatic carbocycles. The van der Waals surface area contributed by atoms with E-state index in [-0.39, 0.29) is 5.70 Å². The fourth-order valence-corrected chi connectivity index (χ4v) is 3.81. The van der Waals surface area contributed by atoms with E-state index in [4.69, 9.17) is 9.47 Å². The number of cyclic esters (lactones) is 1. The fourth-order valence-electron chi connectivity index (χ4n) is 2.39. The Morgan fingerprint density at radius 3 is 2.67 bits per heavy atom. The van der Waals surface area contributed by atoms with Gasteiger partial charge in [0.1, 0.15) is 5.75 Å². The van der Waals surface area contributed by atoms with Crippen molar-refractivity contribution in [3.05, 3.63) is 67.7 Å². The van der Waals surface area contributed by atoms with Crippen LogP contribution in [0.25, 0.3) is 6.08 Å². The predicted molar refractivity (Wildman–Crippen MR) is 100 cm³/mol. The van der Waals surface area contributed by atoms with Gasteiger partial charge in [-0.2, -0.15) is 0 Å². The maximum Gasteiger partial charge on any atom is 0.363 e. The molecular weight excluding hydrogens is 438 g/mol. The highest BCUT2D eigenvalue weighted by atomic mass is 79.9. The van der Waals surface area contributed by atoms with E-state index < -0.39 is 5.97 Å². The number of hydrogen-bond acceptors (Lipinski definition) is 4. The average Bonchev–Trinajstić information content (AvgIpc) is 2.88. The summed E-state index contributed by atoms with van der Waals surface area (Å²) in [6.07, 6.45) is 1.65. The molecule has 4 nitrogen and oxygen atoms in total. The van der Waals surface area contributed by atoms with Crippen molar-refractivity contribution in [3.8, 4) is 5.75 Å². The summed E-state index contributed by atoms with van der Waals surface area (Å²) >= 11 is 6.88. The highest BCUT2D eigenvalue weighted by Gasteiger charge is 2.25. The number of ether oxygens (including phenoxy) is 2. The molecule has 1 aliphatic rings. The number of benzene rings is 2. The molecule has 2 aromatic rings.